The lowest BCUT2D eigenvalue weighted by Crippen LogP contribution is -2.46. The minimum atomic E-state index is -0.365. The molecule has 2 aromatic carbocycles. The molecule has 0 unspecified atom stereocenters. The zero-order valence-electron chi connectivity index (χ0n) is 17.2. The molecule has 29 heavy (non-hydrogen) atoms. The molecule has 154 valence electrons. The Labute approximate surface area is 171 Å². The molecule has 0 spiro atoms. The van der Waals surface area contributed by atoms with Crippen LogP contribution in [0.5, 0.6) is 11.5 Å². The highest BCUT2D eigenvalue weighted by Crippen LogP contribution is 2.26. The van der Waals surface area contributed by atoms with Crippen LogP contribution >= 0.6 is 0 Å². The average molecular weight is 398 g/mol. The third-order valence-corrected chi connectivity index (χ3v) is 5.25. The number of nitrogens with zero attached hydrogens (tertiary/aromatic N) is 2. The van der Waals surface area contributed by atoms with E-state index >= 15 is 0 Å². The number of piperazine rings is 1. The first-order valence-electron chi connectivity index (χ1n) is 9.77. The van der Waals surface area contributed by atoms with Crippen LogP contribution in [0.4, 0.5) is 10.1 Å². The lowest BCUT2D eigenvalue weighted by atomic mass is 10.1. The van der Waals surface area contributed by atoms with Gasteiger partial charge in [0.1, 0.15) is 17.3 Å². The first-order chi connectivity index (χ1) is 14.0. The van der Waals surface area contributed by atoms with E-state index in [1.54, 1.807) is 50.6 Å². The van der Waals surface area contributed by atoms with Crippen molar-refractivity contribution in [2.45, 2.75) is 6.92 Å². The first kappa shape index (κ1) is 20.9. The second-order valence-corrected chi connectivity index (χ2v) is 6.89. The number of hydrogen-bond acceptors (Lipinski definition) is 5. The summed E-state index contributed by atoms with van der Waals surface area (Å²) in [5.74, 6) is 0.643. The second kappa shape index (κ2) is 9.56. The van der Waals surface area contributed by atoms with Crippen LogP contribution in [-0.2, 0) is 0 Å². The maximum atomic E-state index is 14.7. The predicted molar refractivity (Wildman–Crippen MR) is 114 cm³/mol. The maximum absolute atomic E-state index is 14.7. The van der Waals surface area contributed by atoms with Crippen molar-refractivity contribution in [3.63, 3.8) is 0 Å². The van der Waals surface area contributed by atoms with Crippen molar-refractivity contribution in [1.29, 1.82) is 0 Å². The quantitative estimate of drug-likeness (QED) is 0.523. The summed E-state index contributed by atoms with van der Waals surface area (Å²) in [6.45, 7) is 6.55. The third-order valence-electron chi connectivity index (χ3n) is 5.25. The number of halogens is 1. The van der Waals surface area contributed by atoms with Gasteiger partial charge in [-0.15, -0.1) is 0 Å². The number of methoxy groups -OCH3 is 2. The summed E-state index contributed by atoms with van der Waals surface area (Å²) in [6, 6.07) is 10.0. The van der Waals surface area contributed by atoms with E-state index in [1.807, 2.05) is 4.90 Å². The van der Waals surface area contributed by atoms with Gasteiger partial charge in [0.15, 0.2) is 5.78 Å². The van der Waals surface area contributed by atoms with Gasteiger partial charge >= 0.3 is 0 Å². The standard InChI is InChI=1S/C23H27FN2O3/c1-4-25-11-13-26(14-12-25)21-9-6-18(15-20(21)24)22(27)10-7-17-5-8-19(28-2)16-23(17)29-3/h5-10,15-16H,4,11-14H2,1-3H3/b10-7+. The third kappa shape index (κ3) is 4.95. The molecule has 0 N–H and O–H groups in total. The SMILES string of the molecule is CCN1CCN(c2ccc(C(=O)/C=C/c3ccc(OC)cc3OC)cc2F)CC1. The Balaban J connectivity index is 1.72. The van der Waals surface area contributed by atoms with E-state index in [9.17, 15) is 9.18 Å². The van der Waals surface area contributed by atoms with Crippen LogP contribution in [0.25, 0.3) is 6.08 Å². The molecule has 1 fully saturated rings. The molecule has 0 atom stereocenters. The van der Waals surface area contributed by atoms with Crippen molar-refractivity contribution in [2.75, 3.05) is 51.8 Å². The molecule has 6 heteroatoms. The number of rotatable bonds is 7. The van der Waals surface area contributed by atoms with Gasteiger partial charge in [0.05, 0.1) is 19.9 Å². The molecule has 0 radical (unpaired) electrons. The predicted octanol–water partition coefficient (Wildman–Crippen LogP) is 3.88. The van der Waals surface area contributed by atoms with E-state index < -0.39 is 0 Å². The molecule has 1 saturated heterocycles. The summed E-state index contributed by atoms with van der Waals surface area (Å²) in [5, 5.41) is 0. The summed E-state index contributed by atoms with van der Waals surface area (Å²) < 4.78 is 25.2. The molecule has 5 nitrogen and oxygen atoms in total. The average Bonchev–Trinajstić information content (AvgIpc) is 2.77. The van der Waals surface area contributed by atoms with Crippen molar-refractivity contribution >= 4 is 17.5 Å². The summed E-state index contributed by atoms with van der Waals surface area (Å²) in [4.78, 5) is 16.9. The molecule has 1 aliphatic rings. The normalized spacial score (nSPS) is 15.0. The van der Waals surface area contributed by atoms with E-state index in [0.29, 0.717) is 22.7 Å². The number of benzene rings is 2. The highest BCUT2D eigenvalue weighted by atomic mass is 19.1. The van der Waals surface area contributed by atoms with Crippen molar-refractivity contribution in [3.05, 3.63) is 59.4 Å². The number of carbonyl (C=O) groups is 1. The Bertz CT molecular complexity index is 890. The Kier molecular flexibility index (Phi) is 6.88. The van der Waals surface area contributed by atoms with Gasteiger partial charge in [0.25, 0.3) is 0 Å². The van der Waals surface area contributed by atoms with Crippen LogP contribution in [0.2, 0.25) is 0 Å². The molecule has 2 aromatic rings. The molecule has 0 amide bonds. The van der Waals surface area contributed by atoms with E-state index in [1.165, 1.54) is 12.1 Å². The first-order valence-corrected chi connectivity index (χ1v) is 9.77. The Morgan fingerprint density at radius 1 is 1.07 bits per heavy atom. The summed E-state index contributed by atoms with van der Waals surface area (Å²) in [6.07, 6.45) is 3.09. The Morgan fingerprint density at radius 2 is 1.83 bits per heavy atom. The zero-order chi connectivity index (χ0) is 20.8. The molecule has 0 aliphatic carbocycles. The number of anilines is 1. The number of carbonyl (C=O) groups excluding carboxylic acids is 1. The van der Waals surface area contributed by atoms with Gasteiger partial charge in [0, 0.05) is 43.4 Å². The van der Waals surface area contributed by atoms with Crippen molar-refractivity contribution in [3.8, 4) is 11.5 Å². The highest BCUT2D eigenvalue weighted by Gasteiger charge is 2.19. The Hall–Kier alpha value is -2.86. The monoisotopic (exact) mass is 398 g/mol. The Morgan fingerprint density at radius 3 is 2.45 bits per heavy atom. The fourth-order valence-corrected chi connectivity index (χ4v) is 3.44. The smallest absolute Gasteiger partial charge is 0.185 e. The molecule has 1 aliphatic heterocycles. The van der Waals surface area contributed by atoms with Gasteiger partial charge in [0.2, 0.25) is 0 Å². The van der Waals surface area contributed by atoms with E-state index in [2.05, 4.69) is 11.8 Å². The van der Waals surface area contributed by atoms with Gasteiger partial charge < -0.3 is 19.3 Å². The van der Waals surface area contributed by atoms with E-state index in [-0.39, 0.29) is 11.6 Å². The second-order valence-electron chi connectivity index (χ2n) is 6.89. The zero-order valence-corrected chi connectivity index (χ0v) is 17.2. The fraction of sp³-hybridized carbons (Fsp3) is 0.348. The molecule has 1 heterocycles. The topological polar surface area (TPSA) is 42.0 Å². The molecular weight excluding hydrogens is 371 g/mol. The van der Waals surface area contributed by atoms with Crippen molar-refractivity contribution in [1.82, 2.24) is 4.90 Å². The molecule has 0 aromatic heterocycles. The number of ether oxygens (including phenoxy) is 2. The van der Waals surface area contributed by atoms with Gasteiger partial charge in [-0.05, 0) is 49.0 Å². The van der Waals surface area contributed by atoms with Crippen LogP contribution in [0.1, 0.15) is 22.8 Å². The minimum absolute atomic E-state index is 0.260. The van der Waals surface area contributed by atoms with Crippen molar-refractivity contribution in [2.24, 2.45) is 0 Å². The highest BCUT2D eigenvalue weighted by molar-refractivity contribution is 6.07. The van der Waals surface area contributed by atoms with Gasteiger partial charge in [-0.3, -0.25) is 4.79 Å². The minimum Gasteiger partial charge on any atom is -0.497 e. The summed E-state index contributed by atoms with van der Waals surface area (Å²) in [5.41, 5.74) is 1.62. The number of hydrogen-bond donors (Lipinski definition) is 0. The number of ketones is 1. The van der Waals surface area contributed by atoms with Crippen LogP contribution in [0, 0.1) is 5.82 Å². The largest absolute Gasteiger partial charge is 0.497 e. The number of likely N-dealkylation sites (N-methyl/N-ethyl adjacent to an activating group) is 1. The van der Waals surface area contributed by atoms with Crippen LogP contribution in [0.3, 0.4) is 0 Å². The summed E-state index contributed by atoms with van der Waals surface area (Å²) >= 11 is 0. The maximum Gasteiger partial charge on any atom is 0.185 e. The number of allylic oxidation sites excluding steroid dienone is 1. The molecule has 0 saturated carbocycles. The van der Waals surface area contributed by atoms with Gasteiger partial charge in [-0.25, -0.2) is 4.39 Å². The lowest BCUT2D eigenvalue weighted by molar-refractivity contribution is 0.104. The van der Waals surface area contributed by atoms with Crippen LogP contribution in [-0.4, -0.2) is 57.6 Å². The molecular formula is C23H27FN2O3. The van der Waals surface area contributed by atoms with Gasteiger partial charge in [-0.1, -0.05) is 6.92 Å². The van der Waals surface area contributed by atoms with E-state index in [0.717, 1.165) is 38.3 Å². The van der Waals surface area contributed by atoms with Gasteiger partial charge in [-0.2, -0.15) is 0 Å². The van der Waals surface area contributed by atoms with Crippen LogP contribution < -0.4 is 14.4 Å². The summed E-state index contributed by atoms with van der Waals surface area (Å²) in [7, 11) is 3.14. The fourth-order valence-electron chi connectivity index (χ4n) is 3.44. The van der Waals surface area contributed by atoms with Crippen LogP contribution in [0.15, 0.2) is 42.5 Å². The lowest BCUT2D eigenvalue weighted by Gasteiger charge is -2.35. The van der Waals surface area contributed by atoms with Crippen molar-refractivity contribution < 1.29 is 18.7 Å². The molecule has 0 bridgehead atoms. The molecule has 3 rings (SSSR count). The van der Waals surface area contributed by atoms with E-state index in [4.69, 9.17) is 9.47 Å².